The van der Waals surface area contributed by atoms with E-state index in [1.807, 2.05) is 12.1 Å². The number of aromatic nitrogens is 3. The Kier molecular flexibility index (Phi) is 2.83. The van der Waals surface area contributed by atoms with Gasteiger partial charge in [-0.15, -0.1) is 0 Å². The van der Waals surface area contributed by atoms with Gasteiger partial charge in [0.05, 0.1) is 0 Å². The third-order valence-electron chi connectivity index (χ3n) is 5.14. The summed E-state index contributed by atoms with van der Waals surface area (Å²) in [5.41, 5.74) is 1.57. The second-order valence-electron chi connectivity index (χ2n) is 6.37. The van der Waals surface area contributed by atoms with E-state index in [4.69, 9.17) is 0 Å². The average molecular weight is 268 g/mol. The van der Waals surface area contributed by atoms with Crippen molar-refractivity contribution in [3.8, 4) is 0 Å². The van der Waals surface area contributed by atoms with E-state index in [-0.39, 0.29) is 0 Å². The Morgan fingerprint density at radius 3 is 2.85 bits per heavy atom. The molecular weight excluding hydrogens is 248 g/mol. The zero-order valence-electron chi connectivity index (χ0n) is 11.8. The lowest BCUT2D eigenvalue weighted by Gasteiger charge is -2.28. The van der Waals surface area contributed by atoms with Crippen molar-refractivity contribution in [1.29, 1.82) is 0 Å². The van der Waals surface area contributed by atoms with Crippen molar-refractivity contribution < 1.29 is 0 Å². The lowest BCUT2D eigenvalue weighted by Crippen LogP contribution is -2.30. The third kappa shape index (κ3) is 2.03. The van der Waals surface area contributed by atoms with Crippen LogP contribution in [-0.4, -0.2) is 21.0 Å². The topological polar surface area (TPSA) is 50.7 Å². The largest absolute Gasteiger partial charge is 0.367 e. The Labute approximate surface area is 119 Å². The van der Waals surface area contributed by atoms with Gasteiger partial charge >= 0.3 is 0 Å². The fourth-order valence-corrected chi connectivity index (χ4v) is 4.18. The highest BCUT2D eigenvalue weighted by Gasteiger charge is 2.41. The van der Waals surface area contributed by atoms with Crippen molar-refractivity contribution >= 4 is 17.0 Å². The highest BCUT2D eigenvalue weighted by atomic mass is 15.0. The first-order chi connectivity index (χ1) is 9.79. The zero-order valence-corrected chi connectivity index (χ0v) is 11.8. The molecule has 2 heterocycles. The second kappa shape index (κ2) is 4.69. The van der Waals surface area contributed by atoms with Gasteiger partial charge < -0.3 is 5.32 Å². The third-order valence-corrected chi connectivity index (χ3v) is 5.14. The molecule has 1 N–H and O–H groups in total. The molecule has 2 saturated carbocycles. The van der Waals surface area contributed by atoms with E-state index in [0.717, 1.165) is 34.7 Å². The minimum Gasteiger partial charge on any atom is -0.367 e. The molecule has 0 amide bonds. The van der Waals surface area contributed by atoms with Crippen LogP contribution in [0.15, 0.2) is 24.5 Å². The van der Waals surface area contributed by atoms with Crippen LogP contribution in [0, 0.1) is 17.8 Å². The van der Waals surface area contributed by atoms with Gasteiger partial charge in [-0.3, -0.25) is 4.98 Å². The summed E-state index contributed by atoms with van der Waals surface area (Å²) in [6.45, 7) is 2.30. The standard InChI is InChI=1S/C16H20N4/c1-10(13-9-11-2-3-12(13)8-11)19-15-5-4-14-16(20-15)18-7-6-17-14/h4-7,10-13H,2-3,8-9H2,1H3,(H,18,19,20). The molecule has 2 bridgehead atoms. The molecular formula is C16H20N4. The van der Waals surface area contributed by atoms with Crippen LogP contribution in [0.1, 0.15) is 32.6 Å². The summed E-state index contributed by atoms with van der Waals surface area (Å²) in [6, 6.07) is 4.50. The minimum absolute atomic E-state index is 0.493. The molecule has 20 heavy (non-hydrogen) atoms. The van der Waals surface area contributed by atoms with Crippen LogP contribution in [0.4, 0.5) is 5.82 Å². The van der Waals surface area contributed by atoms with Crippen molar-refractivity contribution in [1.82, 2.24) is 15.0 Å². The zero-order chi connectivity index (χ0) is 13.5. The molecule has 104 valence electrons. The lowest BCUT2D eigenvalue weighted by molar-refractivity contribution is 0.304. The first-order valence-electron chi connectivity index (χ1n) is 7.64. The number of nitrogens with one attached hydrogen (secondary N) is 1. The molecule has 4 heteroatoms. The van der Waals surface area contributed by atoms with E-state index < -0.39 is 0 Å². The molecule has 4 rings (SSSR count). The fraction of sp³-hybridized carbons (Fsp3) is 0.562. The van der Waals surface area contributed by atoms with E-state index in [1.165, 1.54) is 25.7 Å². The maximum absolute atomic E-state index is 4.56. The summed E-state index contributed by atoms with van der Waals surface area (Å²) in [6.07, 6.45) is 9.13. The number of nitrogens with zero attached hydrogens (tertiary/aromatic N) is 3. The minimum atomic E-state index is 0.493. The maximum atomic E-state index is 4.56. The predicted molar refractivity (Wildman–Crippen MR) is 79.4 cm³/mol. The van der Waals surface area contributed by atoms with Gasteiger partial charge in [0.1, 0.15) is 11.3 Å². The Morgan fingerprint density at radius 1 is 1.15 bits per heavy atom. The molecule has 4 unspecified atom stereocenters. The molecule has 4 nitrogen and oxygen atoms in total. The lowest BCUT2D eigenvalue weighted by atomic mass is 9.84. The summed E-state index contributed by atoms with van der Waals surface area (Å²) in [5.74, 6) is 3.66. The molecule has 0 radical (unpaired) electrons. The SMILES string of the molecule is CC(Nc1ccc2nccnc2n1)C1CC2CCC1C2. The van der Waals surface area contributed by atoms with Gasteiger partial charge in [-0.1, -0.05) is 6.42 Å². The van der Waals surface area contributed by atoms with E-state index in [2.05, 4.69) is 27.2 Å². The summed E-state index contributed by atoms with van der Waals surface area (Å²) in [4.78, 5) is 13.1. The van der Waals surface area contributed by atoms with Gasteiger partial charge in [-0.2, -0.15) is 0 Å². The van der Waals surface area contributed by atoms with E-state index in [9.17, 15) is 0 Å². The first kappa shape index (κ1) is 12.1. The van der Waals surface area contributed by atoms with E-state index >= 15 is 0 Å². The van der Waals surface area contributed by atoms with Gasteiger partial charge in [-0.05, 0) is 56.1 Å². The van der Waals surface area contributed by atoms with Gasteiger partial charge in [-0.25, -0.2) is 9.97 Å². The average Bonchev–Trinajstić information content (AvgIpc) is 3.10. The fourth-order valence-electron chi connectivity index (χ4n) is 4.18. The van der Waals surface area contributed by atoms with E-state index in [0.29, 0.717) is 6.04 Å². The van der Waals surface area contributed by atoms with Crippen LogP contribution >= 0.6 is 0 Å². The van der Waals surface area contributed by atoms with Crippen LogP contribution in [0.25, 0.3) is 11.2 Å². The highest BCUT2D eigenvalue weighted by Crippen LogP contribution is 2.49. The normalized spacial score (nSPS) is 29.8. The molecule has 2 aliphatic rings. The van der Waals surface area contributed by atoms with Crippen LogP contribution in [0.5, 0.6) is 0 Å². The van der Waals surface area contributed by atoms with Crippen molar-refractivity contribution in [2.45, 2.75) is 38.6 Å². The van der Waals surface area contributed by atoms with Crippen molar-refractivity contribution in [2.24, 2.45) is 17.8 Å². The second-order valence-corrected chi connectivity index (χ2v) is 6.37. The molecule has 0 saturated heterocycles. The first-order valence-corrected chi connectivity index (χ1v) is 7.64. The molecule has 2 fully saturated rings. The molecule has 0 spiro atoms. The smallest absolute Gasteiger partial charge is 0.180 e. The molecule has 4 atom stereocenters. The number of anilines is 1. The highest BCUT2D eigenvalue weighted by molar-refractivity contribution is 5.71. The molecule has 2 aromatic heterocycles. The maximum Gasteiger partial charge on any atom is 0.180 e. The van der Waals surface area contributed by atoms with Gasteiger partial charge in [0.2, 0.25) is 0 Å². The molecule has 2 aliphatic carbocycles. The number of fused-ring (bicyclic) bond motifs is 3. The number of hydrogen-bond donors (Lipinski definition) is 1. The van der Waals surface area contributed by atoms with E-state index in [1.54, 1.807) is 12.4 Å². The van der Waals surface area contributed by atoms with Gasteiger partial charge in [0, 0.05) is 18.4 Å². The molecule has 0 aromatic carbocycles. The van der Waals surface area contributed by atoms with Crippen LogP contribution in [-0.2, 0) is 0 Å². The van der Waals surface area contributed by atoms with Crippen LogP contribution < -0.4 is 5.32 Å². The quantitative estimate of drug-likeness (QED) is 0.928. The molecule has 0 aliphatic heterocycles. The Bertz CT molecular complexity index is 627. The van der Waals surface area contributed by atoms with Crippen molar-refractivity contribution in [3.05, 3.63) is 24.5 Å². The predicted octanol–water partition coefficient (Wildman–Crippen LogP) is 3.26. The van der Waals surface area contributed by atoms with Crippen LogP contribution in [0.2, 0.25) is 0 Å². The van der Waals surface area contributed by atoms with Gasteiger partial charge in [0.25, 0.3) is 0 Å². The summed E-state index contributed by atoms with van der Waals surface area (Å²) < 4.78 is 0. The number of rotatable bonds is 3. The monoisotopic (exact) mass is 268 g/mol. The summed E-state index contributed by atoms with van der Waals surface area (Å²) in [5, 5.41) is 3.58. The Hall–Kier alpha value is -1.71. The van der Waals surface area contributed by atoms with Crippen molar-refractivity contribution in [3.63, 3.8) is 0 Å². The summed E-state index contributed by atoms with van der Waals surface area (Å²) in [7, 11) is 0. The molecule has 2 aromatic rings. The van der Waals surface area contributed by atoms with Crippen LogP contribution in [0.3, 0.4) is 0 Å². The van der Waals surface area contributed by atoms with Crippen molar-refractivity contribution in [2.75, 3.05) is 5.32 Å². The van der Waals surface area contributed by atoms with Gasteiger partial charge in [0.15, 0.2) is 5.65 Å². The Morgan fingerprint density at radius 2 is 2.05 bits per heavy atom. The number of hydrogen-bond acceptors (Lipinski definition) is 4. The summed E-state index contributed by atoms with van der Waals surface area (Å²) >= 11 is 0. The Balaban J connectivity index is 1.52. The number of pyridine rings is 1.